The average molecular weight is 196 g/mol. The molecule has 3 atom stereocenters. The van der Waals surface area contributed by atoms with E-state index in [1.807, 2.05) is 0 Å². The predicted octanol–water partition coefficient (Wildman–Crippen LogP) is 1.99. The van der Waals surface area contributed by atoms with Crippen LogP contribution in [0.25, 0.3) is 0 Å². The summed E-state index contributed by atoms with van der Waals surface area (Å²) >= 11 is 0. The highest BCUT2D eigenvalue weighted by Crippen LogP contribution is 2.32. The molecule has 0 spiro atoms. The van der Waals surface area contributed by atoms with Gasteiger partial charge in [-0.25, -0.2) is 0 Å². The van der Waals surface area contributed by atoms with Gasteiger partial charge in [-0.2, -0.15) is 0 Å². The summed E-state index contributed by atoms with van der Waals surface area (Å²) in [7, 11) is 0. The molecule has 2 unspecified atom stereocenters. The molecule has 0 aromatic heterocycles. The van der Waals surface area contributed by atoms with Crippen LogP contribution in [0, 0.1) is 5.92 Å². The Labute approximate surface area is 87.8 Å². The molecule has 1 saturated carbocycles. The third-order valence-corrected chi connectivity index (χ3v) is 4.12. The Morgan fingerprint density at radius 2 is 2.00 bits per heavy atom. The van der Waals surface area contributed by atoms with E-state index in [0.29, 0.717) is 6.04 Å². The maximum atomic E-state index is 5.98. The van der Waals surface area contributed by atoms with Crippen LogP contribution in [0.3, 0.4) is 0 Å². The van der Waals surface area contributed by atoms with Crippen molar-refractivity contribution in [3.05, 3.63) is 0 Å². The summed E-state index contributed by atoms with van der Waals surface area (Å²) in [5.41, 5.74) is 5.98. The van der Waals surface area contributed by atoms with E-state index in [9.17, 15) is 0 Å². The topological polar surface area (TPSA) is 29.3 Å². The van der Waals surface area contributed by atoms with Crippen molar-refractivity contribution < 1.29 is 0 Å². The first-order chi connectivity index (χ1) is 6.81. The van der Waals surface area contributed by atoms with Crippen LogP contribution in [-0.4, -0.2) is 30.1 Å². The van der Waals surface area contributed by atoms with E-state index in [4.69, 9.17) is 5.73 Å². The van der Waals surface area contributed by atoms with E-state index in [1.165, 1.54) is 45.1 Å². The van der Waals surface area contributed by atoms with E-state index < -0.39 is 0 Å². The first-order valence-corrected chi connectivity index (χ1v) is 6.31. The molecule has 1 aliphatic carbocycles. The summed E-state index contributed by atoms with van der Waals surface area (Å²) in [6.45, 7) is 4.75. The van der Waals surface area contributed by atoms with Gasteiger partial charge in [0.05, 0.1) is 0 Å². The van der Waals surface area contributed by atoms with Gasteiger partial charge in [0.2, 0.25) is 0 Å². The Balaban J connectivity index is 1.93. The third kappa shape index (κ3) is 2.12. The molecule has 1 heterocycles. The summed E-state index contributed by atoms with van der Waals surface area (Å²) in [4.78, 5) is 2.66. The molecule has 1 aliphatic heterocycles. The van der Waals surface area contributed by atoms with Gasteiger partial charge in [0, 0.05) is 25.2 Å². The number of rotatable bonds is 2. The molecule has 2 nitrogen and oxygen atoms in total. The minimum Gasteiger partial charge on any atom is -0.326 e. The second-order valence-electron chi connectivity index (χ2n) is 5.06. The lowest BCUT2D eigenvalue weighted by Crippen LogP contribution is -2.42. The van der Waals surface area contributed by atoms with E-state index in [-0.39, 0.29) is 0 Å². The summed E-state index contributed by atoms with van der Waals surface area (Å²) in [5, 5.41) is 0. The highest BCUT2D eigenvalue weighted by molar-refractivity contribution is 4.88. The number of hydrogen-bond donors (Lipinski definition) is 1. The zero-order valence-electron chi connectivity index (χ0n) is 9.41. The Morgan fingerprint density at radius 3 is 2.64 bits per heavy atom. The molecule has 2 N–H and O–H groups in total. The molecule has 2 heteroatoms. The normalized spacial score (nSPS) is 40.3. The van der Waals surface area contributed by atoms with Crippen molar-refractivity contribution in [1.29, 1.82) is 0 Å². The molecule has 0 aromatic carbocycles. The van der Waals surface area contributed by atoms with Gasteiger partial charge in [-0.15, -0.1) is 0 Å². The van der Waals surface area contributed by atoms with Crippen LogP contribution in [-0.2, 0) is 0 Å². The standard InChI is InChI=1S/C12H24N2/c1-2-10-5-3-4-6-12(10)14-8-7-11(13)9-14/h10-12H,2-9,13H2,1H3/t10?,11-,12?/m1/s1. The van der Waals surface area contributed by atoms with E-state index >= 15 is 0 Å². The van der Waals surface area contributed by atoms with Gasteiger partial charge in [-0.1, -0.05) is 26.2 Å². The lowest BCUT2D eigenvalue weighted by atomic mass is 9.82. The molecule has 1 saturated heterocycles. The van der Waals surface area contributed by atoms with Crippen molar-refractivity contribution in [3.8, 4) is 0 Å². The molecule has 0 radical (unpaired) electrons. The minimum atomic E-state index is 0.453. The third-order valence-electron chi connectivity index (χ3n) is 4.12. The summed E-state index contributed by atoms with van der Waals surface area (Å²) < 4.78 is 0. The van der Waals surface area contributed by atoms with Crippen molar-refractivity contribution in [2.24, 2.45) is 11.7 Å². The average Bonchev–Trinajstić information content (AvgIpc) is 2.65. The maximum Gasteiger partial charge on any atom is 0.0180 e. The molecule has 14 heavy (non-hydrogen) atoms. The van der Waals surface area contributed by atoms with Crippen molar-refractivity contribution >= 4 is 0 Å². The largest absolute Gasteiger partial charge is 0.326 e. The molecule has 0 aromatic rings. The number of nitrogens with two attached hydrogens (primary N) is 1. The molecule has 82 valence electrons. The first-order valence-electron chi connectivity index (χ1n) is 6.31. The molecule has 2 fully saturated rings. The highest BCUT2D eigenvalue weighted by Gasteiger charge is 2.32. The molecular weight excluding hydrogens is 172 g/mol. The number of hydrogen-bond acceptors (Lipinski definition) is 2. The van der Waals surface area contributed by atoms with Crippen molar-refractivity contribution in [1.82, 2.24) is 4.90 Å². The van der Waals surface area contributed by atoms with Crippen LogP contribution in [0.4, 0.5) is 0 Å². The predicted molar refractivity (Wildman–Crippen MR) is 60.2 cm³/mol. The van der Waals surface area contributed by atoms with Gasteiger partial charge in [-0.05, 0) is 25.2 Å². The van der Waals surface area contributed by atoms with Crippen LogP contribution in [0.2, 0.25) is 0 Å². The Hall–Kier alpha value is -0.0800. The van der Waals surface area contributed by atoms with Gasteiger partial charge >= 0.3 is 0 Å². The van der Waals surface area contributed by atoms with Crippen LogP contribution < -0.4 is 5.73 Å². The Kier molecular flexibility index (Phi) is 3.45. The van der Waals surface area contributed by atoms with Gasteiger partial charge < -0.3 is 5.73 Å². The summed E-state index contributed by atoms with van der Waals surface area (Å²) in [6.07, 6.45) is 8.34. The maximum absolute atomic E-state index is 5.98. The summed E-state index contributed by atoms with van der Waals surface area (Å²) in [6, 6.07) is 1.32. The zero-order chi connectivity index (χ0) is 9.97. The molecule has 0 amide bonds. The summed E-state index contributed by atoms with van der Waals surface area (Å²) in [5.74, 6) is 0.953. The quantitative estimate of drug-likeness (QED) is 0.732. The van der Waals surface area contributed by atoms with E-state index in [1.54, 1.807) is 0 Å². The van der Waals surface area contributed by atoms with Gasteiger partial charge in [0.15, 0.2) is 0 Å². The van der Waals surface area contributed by atoms with Crippen molar-refractivity contribution in [3.63, 3.8) is 0 Å². The Bertz CT molecular complexity index is 181. The smallest absolute Gasteiger partial charge is 0.0180 e. The molecule has 2 aliphatic rings. The molecular formula is C12H24N2. The lowest BCUT2D eigenvalue weighted by Gasteiger charge is -2.37. The van der Waals surface area contributed by atoms with Crippen LogP contribution in [0.1, 0.15) is 45.4 Å². The fourth-order valence-corrected chi connectivity index (χ4v) is 3.26. The van der Waals surface area contributed by atoms with Crippen molar-refractivity contribution in [2.45, 2.75) is 57.5 Å². The van der Waals surface area contributed by atoms with E-state index in [0.717, 1.165) is 18.5 Å². The number of likely N-dealkylation sites (tertiary alicyclic amines) is 1. The van der Waals surface area contributed by atoms with Gasteiger partial charge in [0.1, 0.15) is 0 Å². The van der Waals surface area contributed by atoms with Gasteiger partial charge in [0.25, 0.3) is 0 Å². The highest BCUT2D eigenvalue weighted by atomic mass is 15.2. The fourth-order valence-electron chi connectivity index (χ4n) is 3.26. The van der Waals surface area contributed by atoms with Gasteiger partial charge in [-0.3, -0.25) is 4.90 Å². The zero-order valence-corrected chi connectivity index (χ0v) is 9.41. The first kappa shape index (κ1) is 10.4. The van der Waals surface area contributed by atoms with Crippen LogP contribution >= 0.6 is 0 Å². The van der Waals surface area contributed by atoms with Crippen molar-refractivity contribution in [2.75, 3.05) is 13.1 Å². The second-order valence-corrected chi connectivity index (χ2v) is 5.06. The molecule has 2 rings (SSSR count). The van der Waals surface area contributed by atoms with Crippen LogP contribution in [0.15, 0.2) is 0 Å². The lowest BCUT2D eigenvalue weighted by molar-refractivity contribution is 0.124. The molecule has 0 bridgehead atoms. The van der Waals surface area contributed by atoms with Crippen LogP contribution in [0.5, 0.6) is 0 Å². The minimum absolute atomic E-state index is 0.453. The second kappa shape index (κ2) is 4.63. The monoisotopic (exact) mass is 196 g/mol. The van der Waals surface area contributed by atoms with E-state index in [2.05, 4.69) is 11.8 Å². The SMILES string of the molecule is CCC1CCCCC1N1CC[C@@H](N)C1. The Morgan fingerprint density at radius 1 is 1.21 bits per heavy atom. The number of nitrogens with zero attached hydrogens (tertiary/aromatic N) is 1. The fraction of sp³-hybridized carbons (Fsp3) is 1.00.